The minimum atomic E-state index is -0.573. The molecule has 1 fully saturated rings. The first-order valence-corrected chi connectivity index (χ1v) is 5.42. The highest BCUT2D eigenvalue weighted by atomic mass is 16.3. The Morgan fingerprint density at radius 1 is 1.43 bits per heavy atom. The van der Waals surface area contributed by atoms with Crippen LogP contribution >= 0.6 is 0 Å². The fourth-order valence-electron chi connectivity index (χ4n) is 2.02. The Kier molecular flexibility index (Phi) is 5.40. The summed E-state index contributed by atoms with van der Waals surface area (Å²) in [6, 6.07) is 0. The van der Waals surface area contributed by atoms with Gasteiger partial charge in [-0.3, -0.25) is 0 Å². The molecule has 0 aromatic heterocycles. The predicted molar refractivity (Wildman–Crippen MR) is 56.2 cm³/mol. The maximum Gasteiger partial charge on any atom is 0.0897 e. The van der Waals surface area contributed by atoms with Crippen LogP contribution in [0.25, 0.3) is 0 Å². The highest BCUT2D eigenvalue weighted by Gasteiger charge is 2.19. The number of aliphatic hydroxyl groups excluding tert-OH is 2. The van der Waals surface area contributed by atoms with E-state index in [1.807, 2.05) is 7.05 Å². The Balaban J connectivity index is 2.15. The molecule has 0 bridgehead atoms. The molecule has 1 saturated heterocycles. The van der Waals surface area contributed by atoms with Gasteiger partial charge in [0.25, 0.3) is 0 Å². The molecular weight excluding hydrogens is 180 g/mol. The molecule has 0 amide bonds. The van der Waals surface area contributed by atoms with Crippen molar-refractivity contribution in [1.29, 1.82) is 0 Å². The van der Waals surface area contributed by atoms with Gasteiger partial charge in [-0.1, -0.05) is 0 Å². The molecule has 1 atom stereocenters. The molecule has 3 N–H and O–H groups in total. The molecule has 0 spiro atoms. The first-order valence-electron chi connectivity index (χ1n) is 5.42. The molecule has 1 aliphatic rings. The Labute approximate surface area is 85.9 Å². The maximum atomic E-state index is 9.28. The van der Waals surface area contributed by atoms with Crippen molar-refractivity contribution in [1.82, 2.24) is 10.2 Å². The highest BCUT2D eigenvalue weighted by molar-refractivity contribution is 4.74. The van der Waals surface area contributed by atoms with Crippen molar-refractivity contribution < 1.29 is 10.2 Å². The molecule has 1 aliphatic heterocycles. The van der Waals surface area contributed by atoms with Gasteiger partial charge in [0.05, 0.1) is 12.7 Å². The van der Waals surface area contributed by atoms with Crippen molar-refractivity contribution in [3.63, 3.8) is 0 Å². The van der Waals surface area contributed by atoms with Crippen LogP contribution in [-0.4, -0.2) is 61.1 Å². The van der Waals surface area contributed by atoms with Gasteiger partial charge < -0.3 is 20.4 Å². The van der Waals surface area contributed by atoms with Crippen molar-refractivity contribution in [2.75, 3.05) is 39.8 Å². The molecule has 0 aromatic carbocycles. The van der Waals surface area contributed by atoms with Crippen LogP contribution in [0.15, 0.2) is 0 Å². The second-order valence-electron chi connectivity index (χ2n) is 4.14. The van der Waals surface area contributed by atoms with Gasteiger partial charge in [-0.05, 0) is 45.4 Å². The van der Waals surface area contributed by atoms with E-state index in [-0.39, 0.29) is 6.61 Å². The van der Waals surface area contributed by atoms with Crippen LogP contribution in [0.1, 0.15) is 12.8 Å². The summed E-state index contributed by atoms with van der Waals surface area (Å²) >= 11 is 0. The topological polar surface area (TPSA) is 55.7 Å². The number of piperidine rings is 1. The van der Waals surface area contributed by atoms with Gasteiger partial charge >= 0.3 is 0 Å². The standard InChI is InChI=1S/C10H22N2O2/c1-11-6-9-2-4-12(5-3-9)7-10(14)8-13/h9-11,13-14H,2-8H2,1H3. The molecule has 1 unspecified atom stereocenters. The average Bonchev–Trinajstić information content (AvgIpc) is 2.21. The number of rotatable bonds is 5. The van der Waals surface area contributed by atoms with Crippen LogP contribution in [0.2, 0.25) is 0 Å². The third-order valence-electron chi connectivity index (χ3n) is 2.88. The Morgan fingerprint density at radius 3 is 2.57 bits per heavy atom. The van der Waals surface area contributed by atoms with E-state index in [9.17, 15) is 5.11 Å². The van der Waals surface area contributed by atoms with Crippen LogP contribution in [0.5, 0.6) is 0 Å². The number of nitrogens with one attached hydrogen (secondary N) is 1. The van der Waals surface area contributed by atoms with Crippen LogP contribution < -0.4 is 5.32 Å². The van der Waals surface area contributed by atoms with Gasteiger partial charge in [0.15, 0.2) is 0 Å². The fourth-order valence-corrected chi connectivity index (χ4v) is 2.02. The highest BCUT2D eigenvalue weighted by Crippen LogP contribution is 2.16. The lowest BCUT2D eigenvalue weighted by Gasteiger charge is -2.32. The maximum absolute atomic E-state index is 9.28. The second kappa shape index (κ2) is 6.35. The number of aliphatic hydroxyl groups is 2. The number of likely N-dealkylation sites (tertiary alicyclic amines) is 1. The van der Waals surface area contributed by atoms with Crippen LogP contribution in [0, 0.1) is 5.92 Å². The monoisotopic (exact) mass is 202 g/mol. The van der Waals surface area contributed by atoms with Crippen LogP contribution in [-0.2, 0) is 0 Å². The zero-order valence-electron chi connectivity index (χ0n) is 8.95. The van der Waals surface area contributed by atoms with Crippen molar-refractivity contribution in [3.8, 4) is 0 Å². The van der Waals surface area contributed by atoms with Crippen LogP contribution in [0.4, 0.5) is 0 Å². The van der Waals surface area contributed by atoms with E-state index in [4.69, 9.17) is 5.11 Å². The zero-order valence-corrected chi connectivity index (χ0v) is 8.95. The van der Waals surface area contributed by atoms with E-state index in [0.717, 1.165) is 25.6 Å². The van der Waals surface area contributed by atoms with Crippen LogP contribution in [0.3, 0.4) is 0 Å². The third-order valence-corrected chi connectivity index (χ3v) is 2.88. The molecule has 0 saturated carbocycles. The summed E-state index contributed by atoms with van der Waals surface area (Å²) < 4.78 is 0. The summed E-state index contributed by atoms with van der Waals surface area (Å²) in [5.74, 6) is 0.780. The van der Waals surface area contributed by atoms with E-state index in [2.05, 4.69) is 10.2 Å². The second-order valence-corrected chi connectivity index (χ2v) is 4.14. The van der Waals surface area contributed by atoms with E-state index in [1.165, 1.54) is 12.8 Å². The fraction of sp³-hybridized carbons (Fsp3) is 1.00. The van der Waals surface area contributed by atoms with E-state index in [0.29, 0.717) is 6.54 Å². The van der Waals surface area contributed by atoms with Crippen molar-refractivity contribution in [3.05, 3.63) is 0 Å². The SMILES string of the molecule is CNCC1CCN(CC(O)CO)CC1. The number of hydrogen-bond donors (Lipinski definition) is 3. The number of nitrogens with zero attached hydrogens (tertiary/aromatic N) is 1. The molecule has 0 radical (unpaired) electrons. The summed E-state index contributed by atoms with van der Waals surface area (Å²) in [6.45, 7) is 3.67. The average molecular weight is 202 g/mol. The smallest absolute Gasteiger partial charge is 0.0897 e. The molecule has 4 nitrogen and oxygen atoms in total. The van der Waals surface area contributed by atoms with Gasteiger partial charge in [0.2, 0.25) is 0 Å². The quantitative estimate of drug-likeness (QED) is 0.550. The minimum Gasteiger partial charge on any atom is -0.394 e. The Hall–Kier alpha value is -0.160. The van der Waals surface area contributed by atoms with Gasteiger partial charge in [0.1, 0.15) is 0 Å². The van der Waals surface area contributed by atoms with Gasteiger partial charge in [-0.15, -0.1) is 0 Å². The minimum absolute atomic E-state index is 0.129. The lowest BCUT2D eigenvalue weighted by Crippen LogP contribution is -2.41. The molecule has 1 rings (SSSR count). The largest absolute Gasteiger partial charge is 0.394 e. The molecule has 84 valence electrons. The summed E-state index contributed by atoms with van der Waals surface area (Å²) in [4.78, 5) is 2.23. The molecule has 4 heteroatoms. The predicted octanol–water partition coefficient (Wildman–Crippen LogP) is -0.729. The molecule has 0 aliphatic carbocycles. The summed E-state index contributed by atoms with van der Waals surface area (Å²) in [7, 11) is 1.99. The third kappa shape index (κ3) is 3.92. The molecule has 14 heavy (non-hydrogen) atoms. The van der Waals surface area contributed by atoms with Gasteiger partial charge in [-0.2, -0.15) is 0 Å². The van der Waals surface area contributed by atoms with Crippen molar-refractivity contribution in [2.24, 2.45) is 5.92 Å². The summed E-state index contributed by atoms with van der Waals surface area (Å²) in [5, 5.41) is 21.2. The lowest BCUT2D eigenvalue weighted by atomic mass is 9.97. The Bertz CT molecular complexity index is 147. The van der Waals surface area contributed by atoms with E-state index >= 15 is 0 Å². The van der Waals surface area contributed by atoms with E-state index in [1.54, 1.807) is 0 Å². The first-order chi connectivity index (χ1) is 6.76. The normalized spacial score (nSPS) is 22.5. The number of hydrogen-bond acceptors (Lipinski definition) is 4. The molecule has 0 aromatic rings. The molecular formula is C10H22N2O2. The van der Waals surface area contributed by atoms with Gasteiger partial charge in [0, 0.05) is 6.54 Å². The number of β-amino-alcohol motifs (C(OH)–C–C–N with tert-alkyl or cyclic N) is 1. The van der Waals surface area contributed by atoms with Crippen molar-refractivity contribution in [2.45, 2.75) is 18.9 Å². The summed E-state index contributed by atoms with van der Waals surface area (Å²) in [5.41, 5.74) is 0. The first kappa shape index (κ1) is 11.9. The Morgan fingerprint density at radius 2 is 2.07 bits per heavy atom. The zero-order chi connectivity index (χ0) is 10.4. The van der Waals surface area contributed by atoms with Crippen molar-refractivity contribution >= 4 is 0 Å². The lowest BCUT2D eigenvalue weighted by molar-refractivity contribution is 0.0475. The van der Waals surface area contributed by atoms with E-state index < -0.39 is 6.10 Å². The van der Waals surface area contributed by atoms with Gasteiger partial charge in [-0.25, -0.2) is 0 Å². The summed E-state index contributed by atoms with van der Waals surface area (Å²) in [6.07, 6.45) is 1.81. The molecule has 1 heterocycles.